The van der Waals surface area contributed by atoms with E-state index in [0.717, 1.165) is 31.2 Å². The van der Waals surface area contributed by atoms with Crippen molar-refractivity contribution in [1.29, 1.82) is 0 Å². The highest BCUT2D eigenvalue weighted by Crippen LogP contribution is 2.40. The van der Waals surface area contributed by atoms with E-state index >= 15 is 0 Å². The first-order chi connectivity index (χ1) is 13.0. The van der Waals surface area contributed by atoms with Crippen LogP contribution in [0.1, 0.15) is 48.5 Å². The Labute approximate surface area is 165 Å². The van der Waals surface area contributed by atoms with E-state index in [1.165, 1.54) is 0 Å². The van der Waals surface area contributed by atoms with E-state index in [1.807, 2.05) is 22.8 Å². The predicted molar refractivity (Wildman–Crippen MR) is 104 cm³/mol. The fraction of sp³-hybridized carbons (Fsp3) is 0.619. The van der Waals surface area contributed by atoms with Crippen LogP contribution in [0.5, 0.6) is 0 Å². The number of benzene rings is 1. The quantitative estimate of drug-likeness (QED) is 0.795. The normalized spacial score (nSPS) is 30.0. The standard InChI is InChI=1S/C21H27ClN2O3/c1-3-15-12-23(20(25)18-11-16-6-7-19(18)27-16)8-9-24(15)21(26)17-10-14(22)5-4-13(17)2/h4-5,10,15-16,18-19H,3,6-9,11-12H2,1-2H3/t15?,16-,18-,19+/m1/s1. The van der Waals surface area contributed by atoms with E-state index in [9.17, 15) is 9.59 Å². The highest BCUT2D eigenvalue weighted by Gasteiger charge is 2.46. The summed E-state index contributed by atoms with van der Waals surface area (Å²) in [6.45, 7) is 5.77. The molecule has 3 aliphatic rings. The molecule has 4 rings (SSSR count). The molecule has 4 atom stereocenters. The molecule has 3 aliphatic heterocycles. The van der Waals surface area contributed by atoms with Crippen molar-refractivity contribution in [2.24, 2.45) is 5.92 Å². The molecule has 0 aromatic heterocycles. The molecule has 0 saturated carbocycles. The summed E-state index contributed by atoms with van der Waals surface area (Å²) in [6.07, 6.45) is 4.16. The second-order valence-corrected chi connectivity index (χ2v) is 8.46. The molecule has 5 nitrogen and oxygen atoms in total. The number of nitrogens with zero attached hydrogens (tertiary/aromatic N) is 2. The third kappa shape index (κ3) is 3.47. The van der Waals surface area contributed by atoms with Crippen LogP contribution in [-0.4, -0.2) is 59.5 Å². The largest absolute Gasteiger partial charge is 0.374 e. The van der Waals surface area contributed by atoms with Gasteiger partial charge >= 0.3 is 0 Å². The Balaban J connectivity index is 1.46. The SMILES string of the molecule is CCC1CN(C(=O)[C@@H]2C[C@H]3CC[C@@H]2O3)CCN1C(=O)c1cc(Cl)ccc1C. The second kappa shape index (κ2) is 7.44. The average molecular weight is 391 g/mol. The van der Waals surface area contributed by atoms with Crippen molar-refractivity contribution in [1.82, 2.24) is 9.80 Å². The highest BCUT2D eigenvalue weighted by atomic mass is 35.5. The zero-order valence-corrected chi connectivity index (χ0v) is 16.7. The number of ether oxygens (including phenoxy) is 1. The molecule has 6 heteroatoms. The van der Waals surface area contributed by atoms with Crippen LogP contribution < -0.4 is 0 Å². The minimum Gasteiger partial charge on any atom is -0.374 e. The number of aryl methyl sites for hydroxylation is 1. The van der Waals surface area contributed by atoms with Gasteiger partial charge in [-0.25, -0.2) is 0 Å². The van der Waals surface area contributed by atoms with Crippen molar-refractivity contribution in [2.45, 2.75) is 57.8 Å². The first-order valence-corrected chi connectivity index (χ1v) is 10.4. The van der Waals surface area contributed by atoms with Crippen LogP contribution >= 0.6 is 11.6 Å². The summed E-state index contributed by atoms with van der Waals surface area (Å²) in [5, 5.41) is 0.571. The van der Waals surface area contributed by atoms with Crippen LogP contribution in [0.2, 0.25) is 5.02 Å². The molecule has 27 heavy (non-hydrogen) atoms. The summed E-state index contributed by atoms with van der Waals surface area (Å²) >= 11 is 6.10. The maximum Gasteiger partial charge on any atom is 0.254 e. The van der Waals surface area contributed by atoms with E-state index in [4.69, 9.17) is 16.3 Å². The number of halogens is 1. The summed E-state index contributed by atoms with van der Waals surface area (Å²) in [7, 11) is 0. The van der Waals surface area contributed by atoms with Crippen molar-refractivity contribution >= 4 is 23.4 Å². The van der Waals surface area contributed by atoms with Crippen LogP contribution in [0.4, 0.5) is 0 Å². The Bertz CT molecular complexity index is 753. The molecule has 2 amide bonds. The van der Waals surface area contributed by atoms with Crippen LogP contribution in [0.25, 0.3) is 0 Å². The lowest BCUT2D eigenvalue weighted by Crippen LogP contribution is -2.57. The fourth-order valence-electron chi connectivity index (χ4n) is 4.78. The van der Waals surface area contributed by atoms with Crippen molar-refractivity contribution in [2.75, 3.05) is 19.6 Å². The maximum atomic E-state index is 13.1. The van der Waals surface area contributed by atoms with Crippen molar-refractivity contribution in [3.63, 3.8) is 0 Å². The number of carbonyl (C=O) groups is 2. The third-order valence-electron chi connectivity index (χ3n) is 6.38. The van der Waals surface area contributed by atoms with Gasteiger partial charge in [0.05, 0.1) is 18.1 Å². The number of rotatable bonds is 3. The number of carbonyl (C=O) groups excluding carboxylic acids is 2. The number of fused-ring (bicyclic) bond motifs is 2. The van der Waals surface area contributed by atoms with Gasteiger partial charge in [0.15, 0.2) is 0 Å². The highest BCUT2D eigenvalue weighted by molar-refractivity contribution is 6.31. The van der Waals surface area contributed by atoms with Crippen LogP contribution in [-0.2, 0) is 9.53 Å². The summed E-state index contributed by atoms with van der Waals surface area (Å²) in [4.78, 5) is 30.0. The number of piperazine rings is 1. The van der Waals surface area contributed by atoms with Gasteiger partial charge in [-0.05, 0) is 50.3 Å². The number of hydrogen-bond donors (Lipinski definition) is 0. The first-order valence-electron chi connectivity index (χ1n) is 9.99. The number of amides is 2. The molecular formula is C21H27ClN2O3. The Morgan fingerprint density at radius 2 is 2.07 bits per heavy atom. The molecule has 0 N–H and O–H groups in total. The molecule has 0 spiro atoms. The molecule has 3 fully saturated rings. The van der Waals surface area contributed by atoms with Gasteiger partial charge < -0.3 is 14.5 Å². The van der Waals surface area contributed by atoms with Gasteiger partial charge in [0.2, 0.25) is 5.91 Å². The van der Waals surface area contributed by atoms with E-state index in [-0.39, 0.29) is 36.0 Å². The van der Waals surface area contributed by atoms with Gasteiger partial charge in [-0.2, -0.15) is 0 Å². The van der Waals surface area contributed by atoms with Crippen molar-refractivity contribution in [3.05, 3.63) is 34.3 Å². The molecular weight excluding hydrogens is 364 g/mol. The van der Waals surface area contributed by atoms with Crippen LogP contribution in [0.3, 0.4) is 0 Å². The zero-order valence-electron chi connectivity index (χ0n) is 16.0. The smallest absolute Gasteiger partial charge is 0.254 e. The summed E-state index contributed by atoms with van der Waals surface area (Å²) in [5.41, 5.74) is 1.58. The van der Waals surface area contributed by atoms with Gasteiger partial charge in [-0.1, -0.05) is 24.6 Å². The Kier molecular flexibility index (Phi) is 5.17. The average Bonchev–Trinajstić information content (AvgIpc) is 3.31. The lowest BCUT2D eigenvalue weighted by molar-refractivity contribution is -0.139. The minimum atomic E-state index is 0.0113. The monoisotopic (exact) mass is 390 g/mol. The van der Waals surface area contributed by atoms with Gasteiger partial charge in [-0.3, -0.25) is 9.59 Å². The van der Waals surface area contributed by atoms with Crippen molar-refractivity contribution in [3.8, 4) is 0 Å². The molecule has 1 aromatic rings. The van der Waals surface area contributed by atoms with Gasteiger partial charge in [0.25, 0.3) is 5.91 Å². The number of hydrogen-bond acceptors (Lipinski definition) is 3. The van der Waals surface area contributed by atoms with Crippen LogP contribution in [0, 0.1) is 12.8 Å². The molecule has 1 aromatic carbocycles. The van der Waals surface area contributed by atoms with Gasteiger partial charge in [0, 0.05) is 36.3 Å². The van der Waals surface area contributed by atoms with Gasteiger partial charge in [0.1, 0.15) is 0 Å². The fourth-order valence-corrected chi connectivity index (χ4v) is 4.96. The zero-order chi connectivity index (χ0) is 19.1. The third-order valence-corrected chi connectivity index (χ3v) is 6.61. The Morgan fingerprint density at radius 3 is 2.74 bits per heavy atom. The molecule has 146 valence electrons. The maximum absolute atomic E-state index is 13.1. The lowest BCUT2D eigenvalue weighted by Gasteiger charge is -2.42. The molecule has 1 unspecified atom stereocenters. The lowest BCUT2D eigenvalue weighted by atomic mass is 9.88. The Morgan fingerprint density at radius 1 is 1.26 bits per heavy atom. The summed E-state index contributed by atoms with van der Waals surface area (Å²) in [5.74, 6) is 0.238. The van der Waals surface area contributed by atoms with Crippen LogP contribution in [0.15, 0.2) is 18.2 Å². The Hall–Kier alpha value is -1.59. The summed E-state index contributed by atoms with van der Waals surface area (Å²) < 4.78 is 5.87. The van der Waals surface area contributed by atoms with E-state index < -0.39 is 0 Å². The van der Waals surface area contributed by atoms with Crippen molar-refractivity contribution < 1.29 is 14.3 Å². The molecule has 0 radical (unpaired) electrons. The molecule has 3 saturated heterocycles. The predicted octanol–water partition coefficient (Wildman–Crippen LogP) is 3.28. The second-order valence-electron chi connectivity index (χ2n) is 8.02. The van der Waals surface area contributed by atoms with E-state index in [0.29, 0.717) is 30.2 Å². The first kappa shape index (κ1) is 18.8. The topological polar surface area (TPSA) is 49.9 Å². The molecule has 3 heterocycles. The van der Waals surface area contributed by atoms with E-state index in [2.05, 4.69) is 6.92 Å². The minimum absolute atomic E-state index is 0.0113. The van der Waals surface area contributed by atoms with Gasteiger partial charge in [-0.15, -0.1) is 0 Å². The summed E-state index contributed by atoms with van der Waals surface area (Å²) in [6, 6.07) is 5.47. The van der Waals surface area contributed by atoms with E-state index in [1.54, 1.807) is 12.1 Å². The molecule has 0 aliphatic carbocycles. The molecule has 2 bridgehead atoms.